The van der Waals surface area contributed by atoms with Gasteiger partial charge in [-0.15, -0.1) is 0 Å². The van der Waals surface area contributed by atoms with Gasteiger partial charge in [0.2, 0.25) is 0 Å². The van der Waals surface area contributed by atoms with E-state index in [2.05, 4.69) is 24.0 Å². The summed E-state index contributed by atoms with van der Waals surface area (Å²) in [7, 11) is 1.97. The van der Waals surface area contributed by atoms with E-state index in [1.165, 1.54) is 11.3 Å². The van der Waals surface area contributed by atoms with Crippen molar-refractivity contribution in [2.75, 3.05) is 7.05 Å². The monoisotopic (exact) mass is 149 g/mol. The molecule has 1 rings (SSSR count). The lowest BCUT2D eigenvalue weighted by atomic mass is 9.98. The van der Waals surface area contributed by atoms with Crippen LogP contribution in [0.2, 0.25) is 0 Å². The summed E-state index contributed by atoms with van der Waals surface area (Å²) in [6.07, 6.45) is 6.62. The molecule has 0 saturated carbocycles. The van der Waals surface area contributed by atoms with Crippen molar-refractivity contribution in [3.05, 3.63) is 35.6 Å². The highest BCUT2D eigenvalue weighted by Gasteiger charge is 2.05. The van der Waals surface area contributed by atoms with Crippen LogP contribution >= 0.6 is 0 Å². The summed E-state index contributed by atoms with van der Waals surface area (Å²) >= 11 is 0. The van der Waals surface area contributed by atoms with E-state index in [0.29, 0.717) is 0 Å². The van der Waals surface area contributed by atoms with Gasteiger partial charge in [0.1, 0.15) is 0 Å². The molecule has 0 aromatic heterocycles. The lowest BCUT2D eigenvalue weighted by Gasteiger charge is -2.15. The highest BCUT2D eigenvalue weighted by molar-refractivity contribution is 5.42. The molecule has 0 spiro atoms. The van der Waals surface area contributed by atoms with Gasteiger partial charge in [-0.1, -0.05) is 18.7 Å². The molecule has 1 aliphatic rings. The van der Waals surface area contributed by atoms with Crippen molar-refractivity contribution in [2.24, 2.45) is 0 Å². The van der Waals surface area contributed by atoms with Crippen molar-refractivity contribution < 1.29 is 0 Å². The van der Waals surface area contributed by atoms with E-state index in [4.69, 9.17) is 0 Å². The van der Waals surface area contributed by atoms with Gasteiger partial charge in [-0.05, 0) is 30.9 Å². The van der Waals surface area contributed by atoms with Crippen LogP contribution in [0.1, 0.15) is 19.8 Å². The van der Waals surface area contributed by atoms with Crippen LogP contribution in [0, 0.1) is 0 Å². The number of rotatable bonds is 2. The van der Waals surface area contributed by atoms with Crippen LogP contribution in [0.4, 0.5) is 0 Å². The van der Waals surface area contributed by atoms with E-state index in [-0.39, 0.29) is 0 Å². The van der Waals surface area contributed by atoms with Gasteiger partial charge in [0.05, 0.1) is 0 Å². The van der Waals surface area contributed by atoms with Crippen LogP contribution in [0.15, 0.2) is 35.6 Å². The standard InChI is InChI=1S/C10H15N/c1-8(2)9-6-4-5-7-10(9)11-3/h4,6,11H,1,5,7H2,2-3H3. The van der Waals surface area contributed by atoms with Crippen LogP contribution in [0.5, 0.6) is 0 Å². The van der Waals surface area contributed by atoms with Gasteiger partial charge in [0.15, 0.2) is 0 Å². The third-order valence-corrected chi connectivity index (χ3v) is 1.93. The van der Waals surface area contributed by atoms with Gasteiger partial charge in [0.25, 0.3) is 0 Å². The van der Waals surface area contributed by atoms with Crippen molar-refractivity contribution in [2.45, 2.75) is 19.8 Å². The maximum atomic E-state index is 3.93. The molecule has 60 valence electrons. The molecule has 1 aliphatic carbocycles. The minimum absolute atomic E-state index is 1.12. The third kappa shape index (κ3) is 1.73. The third-order valence-electron chi connectivity index (χ3n) is 1.93. The predicted molar refractivity (Wildman–Crippen MR) is 49.3 cm³/mol. The Balaban J connectivity index is 2.92. The van der Waals surface area contributed by atoms with Crippen LogP contribution in [-0.2, 0) is 0 Å². The van der Waals surface area contributed by atoms with Crippen molar-refractivity contribution in [1.29, 1.82) is 0 Å². The van der Waals surface area contributed by atoms with Crippen molar-refractivity contribution in [3.63, 3.8) is 0 Å². The molecule has 0 aromatic carbocycles. The molecular formula is C10H15N. The average molecular weight is 149 g/mol. The topological polar surface area (TPSA) is 12.0 Å². The van der Waals surface area contributed by atoms with E-state index in [0.717, 1.165) is 18.4 Å². The zero-order chi connectivity index (χ0) is 8.27. The second-order valence-electron chi connectivity index (χ2n) is 2.86. The summed E-state index contributed by atoms with van der Waals surface area (Å²) in [6.45, 7) is 5.97. The predicted octanol–water partition coefficient (Wildman–Crippen LogP) is 2.39. The maximum absolute atomic E-state index is 3.93. The summed E-state index contributed by atoms with van der Waals surface area (Å²) in [6, 6.07) is 0. The Morgan fingerprint density at radius 2 is 2.36 bits per heavy atom. The van der Waals surface area contributed by atoms with Crippen LogP contribution in [0.3, 0.4) is 0 Å². The van der Waals surface area contributed by atoms with Gasteiger partial charge in [-0.25, -0.2) is 0 Å². The first-order valence-electron chi connectivity index (χ1n) is 3.99. The number of allylic oxidation sites excluding steroid dienone is 5. The largest absolute Gasteiger partial charge is 0.391 e. The Labute approximate surface area is 68.5 Å². The Bertz CT molecular complexity index is 221. The SMILES string of the molecule is C=C(C)C1=C(NC)CCC=C1. The van der Waals surface area contributed by atoms with Crippen LogP contribution in [-0.4, -0.2) is 7.05 Å². The first-order chi connectivity index (χ1) is 5.25. The van der Waals surface area contributed by atoms with Gasteiger partial charge in [-0.3, -0.25) is 0 Å². The molecule has 0 aromatic rings. The van der Waals surface area contributed by atoms with E-state index >= 15 is 0 Å². The zero-order valence-corrected chi connectivity index (χ0v) is 7.28. The summed E-state index contributed by atoms with van der Waals surface area (Å²) in [5.41, 5.74) is 3.74. The minimum Gasteiger partial charge on any atom is -0.391 e. The van der Waals surface area contributed by atoms with E-state index in [9.17, 15) is 0 Å². The highest BCUT2D eigenvalue weighted by Crippen LogP contribution is 2.21. The molecule has 0 atom stereocenters. The molecule has 0 aliphatic heterocycles. The molecule has 0 radical (unpaired) electrons. The number of nitrogens with one attached hydrogen (secondary N) is 1. The molecule has 0 unspecified atom stereocenters. The molecule has 1 nitrogen and oxygen atoms in total. The van der Waals surface area contributed by atoms with Crippen molar-refractivity contribution in [3.8, 4) is 0 Å². The molecular weight excluding hydrogens is 134 g/mol. The van der Waals surface area contributed by atoms with Gasteiger partial charge in [0, 0.05) is 12.7 Å². The molecule has 1 heteroatoms. The van der Waals surface area contributed by atoms with E-state index < -0.39 is 0 Å². The first kappa shape index (κ1) is 8.12. The Hall–Kier alpha value is -0.980. The van der Waals surface area contributed by atoms with Gasteiger partial charge >= 0.3 is 0 Å². The second kappa shape index (κ2) is 3.42. The minimum atomic E-state index is 1.12. The fourth-order valence-electron chi connectivity index (χ4n) is 1.32. The highest BCUT2D eigenvalue weighted by atomic mass is 14.8. The summed E-state index contributed by atoms with van der Waals surface area (Å²) in [4.78, 5) is 0. The summed E-state index contributed by atoms with van der Waals surface area (Å²) in [5, 5.41) is 3.20. The van der Waals surface area contributed by atoms with Gasteiger partial charge in [-0.2, -0.15) is 0 Å². The van der Waals surface area contributed by atoms with Crippen molar-refractivity contribution in [1.82, 2.24) is 5.32 Å². The smallest absolute Gasteiger partial charge is 0.0183 e. The van der Waals surface area contributed by atoms with Crippen LogP contribution in [0.25, 0.3) is 0 Å². The molecule has 0 heterocycles. The van der Waals surface area contributed by atoms with Crippen LogP contribution < -0.4 is 5.32 Å². The lowest BCUT2D eigenvalue weighted by Crippen LogP contribution is -2.10. The number of hydrogen-bond donors (Lipinski definition) is 1. The molecule has 0 amide bonds. The Kier molecular flexibility index (Phi) is 2.53. The van der Waals surface area contributed by atoms with Crippen molar-refractivity contribution >= 4 is 0 Å². The Morgan fingerprint density at radius 1 is 1.64 bits per heavy atom. The average Bonchev–Trinajstić information content (AvgIpc) is 2.04. The molecule has 11 heavy (non-hydrogen) atoms. The second-order valence-corrected chi connectivity index (χ2v) is 2.86. The molecule has 0 saturated heterocycles. The normalized spacial score (nSPS) is 16.9. The maximum Gasteiger partial charge on any atom is 0.0183 e. The Morgan fingerprint density at radius 3 is 2.82 bits per heavy atom. The first-order valence-corrected chi connectivity index (χ1v) is 3.99. The molecule has 0 fully saturated rings. The summed E-state index contributed by atoms with van der Waals surface area (Å²) in [5.74, 6) is 0. The zero-order valence-electron chi connectivity index (χ0n) is 7.28. The van der Waals surface area contributed by atoms with E-state index in [1.807, 2.05) is 14.0 Å². The molecule has 0 bridgehead atoms. The van der Waals surface area contributed by atoms with Gasteiger partial charge < -0.3 is 5.32 Å². The fraction of sp³-hybridized carbons (Fsp3) is 0.400. The lowest BCUT2D eigenvalue weighted by molar-refractivity contribution is 0.826. The quantitative estimate of drug-likeness (QED) is 0.635. The molecule has 1 N–H and O–H groups in total. The fourth-order valence-corrected chi connectivity index (χ4v) is 1.32. The summed E-state index contributed by atoms with van der Waals surface area (Å²) < 4.78 is 0. The number of hydrogen-bond acceptors (Lipinski definition) is 1. The van der Waals surface area contributed by atoms with E-state index in [1.54, 1.807) is 0 Å².